The Labute approximate surface area is 161 Å². The van der Waals surface area contributed by atoms with Gasteiger partial charge in [0.05, 0.1) is 22.8 Å². The number of hydrogen-bond donors (Lipinski definition) is 2. The molecule has 1 aromatic heterocycles. The zero-order valence-electron chi connectivity index (χ0n) is 13.6. The van der Waals surface area contributed by atoms with Gasteiger partial charge in [0.1, 0.15) is 18.3 Å². The third kappa shape index (κ3) is 3.25. The number of aliphatic hydroxyl groups excluding tert-OH is 1. The second-order valence-corrected chi connectivity index (χ2v) is 7.41. The van der Waals surface area contributed by atoms with Crippen molar-refractivity contribution < 1.29 is 19.3 Å². The first-order valence-corrected chi connectivity index (χ1v) is 9.25. The van der Waals surface area contributed by atoms with Crippen molar-refractivity contribution in [2.75, 3.05) is 13.2 Å². The highest BCUT2D eigenvalue weighted by Gasteiger charge is 2.46. The number of nitrogens with zero attached hydrogens (tertiary/aromatic N) is 1. The van der Waals surface area contributed by atoms with Crippen molar-refractivity contribution in [2.45, 2.75) is 30.6 Å². The first-order valence-electron chi connectivity index (χ1n) is 8.17. The van der Waals surface area contributed by atoms with Gasteiger partial charge >= 0.3 is 5.69 Å². The number of halogens is 1. The topological polar surface area (TPSA) is 103 Å². The largest absolute Gasteiger partial charge is 0.388 e. The Bertz CT molecular complexity index is 898. The lowest BCUT2D eigenvalue weighted by atomic mass is 9.97. The molecule has 26 heavy (non-hydrogen) atoms. The van der Waals surface area contributed by atoms with Crippen molar-refractivity contribution in [1.82, 2.24) is 9.55 Å². The quantitative estimate of drug-likeness (QED) is 0.620. The monoisotopic (exact) mass is 472 g/mol. The van der Waals surface area contributed by atoms with E-state index in [0.29, 0.717) is 3.57 Å². The van der Waals surface area contributed by atoms with Crippen LogP contribution < -0.4 is 11.2 Å². The molecule has 2 saturated heterocycles. The SMILES string of the molecule is O=c1[nH]c(=O)n([C@@H]2CO[C@@H]3COC(c4ccccc4)O[C@H]3[C@H]2O)cc1I. The molecule has 4 rings (SSSR count). The lowest BCUT2D eigenvalue weighted by Gasteiger charge is -2.45. The highest BCUT2D eigenvalue weighted by molar-refractivity contribution is 14.1. The van der Waals surface area contributed by atoms with Gasteiger partial charge in [0.15, 0.2) is 6.29 Å². The number of benzene rings is 1. The molecule has 0 aliphatic carbocycles. The molecule has 5 atom stereocenters. The van der Waals surface area contributed by atoms with Crippen molar-refractivity contribution in [2.24, 2.45) is 0 Å². The first kappa shape index (κ1) is 17.9. The van der Waals surface area contributed by atoms with Crippen LogP contribution in [0.5, 0.6) is 0 Å². The molecule has 0 spiro atoms. The van der Waals surface area contributed by atoms with Gasteiger partial charge < -0.3 is 19.3 Å². The van der Waals surface area contributed by atoms with Crippen molar-refractivity contribution in [3.8, 4) is 0 Å². The van der Waals surface area contributed by atoms with Gasteiger partial charge in [-0.15, -0.1) is 0 Å². The van der Waals surface area contributed by atoms with Crippen molar-refractivity contribution in [3.63, 3.8) is 0 Å². The number of hydrogen-bond acceptors (Lipinski definition) is 6. The van der Waals surface area contributed by atoms with Crippen LogP contribution in [0.15, 0.2) is 46.1 Å². The summed E-state index contributed by atoms with van der Waals surface area (Å²) in [7, 11) is 0. The third-order valence-corrected chi connectivity index (χ3v) is 5.39. The summed E-state index contributed by atoms with van der Waals surface area (Å²) >= 11 is 1.84. The van der Waals surface area contributed by atoms with Crippen LogP contribution in [-0.4, -0.2) is 46.2 Å². The summed E-state index contributed by atoms with van der Waals surface area (Å²) in [5.74, 6) is 0. The molecule has 0 amide bonds. The van der Waals surface area contributed by atoms with Crippen molar-refractivity contribution in [3.05, 3.63) is 66.5 Å². The lowest BCUT2D eigenvalue weighted by molar-refractivity contribution is -0.306. The van der Waals surface area contributed by atoms with E-state index in [0.717, 1.165) is 5.56 Å². The molecule has 9 heteroatoms. The van der Waals surface area contributed by atoms with Crippen LogP contribution in [0, 0.1) is 3.57 Å². The highest BCUT2D eigenvalue weighted by atomic mass is 127. The molecule has 2 aliphatic heterocycles. The summed E-state index contributed by atoms with van der Waals surface area (Å²) in [5.41, 5.74) is -0.202. The van der Waals surface area contributed by atoms with Crippen LogP contribution in [0.25, 0.3) is 0 Å². The van der Waals surface area contributed by atoms with Gasteiger partial charge in [-0.05, 0) is 22.6 Å². The average Bonchev–Trinajstić information content (AvgIpc) is 2.66. The van der Waals surface area contributed by atoms with Gasteiger partial charge in [-0.25, -0.2) is 4.79 Å². The molecule has 138 valence electrons. The van der Waals surface area contributed by atoms with Gasteiger partial charge in [-0.3, -0.25) is 14.3 Å². The normalized spacial score (nSPS) is 31.4. The van der Waals surface area contributed by atoms with E-state index in [9.17, 15) is 14.7 Å². The predicted octanol–water partition coefficient (Wildman–Crippen LogP) is 0.556. The lowest BCUT2D eigenvalue weighted by Crippen LogP contribution is -2.57. The number of ether oxygens (including phenoxy) is 3. The molecule has 2 aliphatic rings. The molecular weight excluding hydrogens is 455 g/mol. The molecule has 2 fully saturated rings. The molecule has 2 N–H and O–H groups in total. The van der Waals surface area contributed by atoms with Gasteiger partial charge in [0.2, 0.25) is 0 Å². The fourth-order valence-electron chi connectivity index (χ4n) is 3.27. The van der Waals surface area contributed by atoms with E-state index in [-0.39, 0.29) is 13.2 Å². The molecule has 0 bridgehead atoms. The van der Waals surface area contributed by atoms with Crippen molar-refractivity contribution in [1.29, 1.82) is 0 Å². The minimum absolute atomic E-state index is 0.118. The number of aliphatic hydroxyl groups is 1. The predicted molar refractivity (Wildman–Crippen MR) is 98.8 cm³/mol. The van der Waals surface area contributed by atoms with E-state index >= 15 is 0 Å². The molecule has 1 unspecified atom stereocenters. The number of nitrogens with one attached hydrogen (secondary N) is 1. The second kappa shape index (κ2) is 7.24. The minimum atomic E-state index is -0.983. The van der Waals surface area contributed by atoms with E-state index in [2.05, 4.69) is 4.98 Å². The molecule has 2 aromatic rings. The average molecular weight is 472 g/mol. The summed E-state index contributed by atoms with van der Waals surface area (Å²) < 4.78 is 19.1. The number of H-pyrrole nitrogens is 1. The summed E-state index contributed by atoms with van der Waals surface area (Å²) in [6.07, 6.45) is -1.24. The zero-order valence-corrected chi connectivity index (χ0v) is 15.7. The standard InChI is InChI=1S/C17H17IN2O6/c18-10-6-20(17(23)19-15(10)22)11-7-24-12-8-25-16(26-14(12)13(11)21)9-4-2-1-3-5-9/h1-6,11-14,16,21H,7-8H2,(H,19,22,23)/t11-,12-,13+,14-,16?/m1/s1. The van der Waals surface area contributed by atoms with Crippen molar-refractivity contribution >= 4 is 22.6 Å². The van der Waals surface area contributed by atoms with E-state index in [4.69, 9.17) is 14.2 Å². The van der Waals surface area contributed by atoms with Crippen LogP contribution in [0.2, 0.25) is 0 Å². The number of rotatable bonds is 2. The molecule has 1 aromatic carbocycles. The summed E-state index contributed by atoms with van der Waals surface area (Å²) in [4.78, 5) is 26.0. The summed E-state index contributed by atoms with van der Waals surface area (Å²) in [6.45, 7) is 0.402. The summed E-state index contributed by atoms with van der Waals surface area (Å²) in [5, 5.41) is 10.9. The Morgan fingerprint density at radius 1 is 1.15 bits per heavy atom. The second-order valence-electron chi connectivity index (χ2n) is 6.25. The molecule has 3 heterocycles. The Kier molecular flexibility index (Phi) is 4.97. The Morgan fingerprint density at radius 3 is 2.69 bits per heavy atom. The highest BCUT2D eigenvalue weighted by Crippen LogP contribution is 2.34. The van der Waals surface area contributed by atoms with E-state index < -0.39 is 41.9 Å². The maximum absolute atomic E-state index is 12.2. The summed E-state index contributed by atoms with van der Waals surface area (Å²) in [6, 6.07) is 8.76. The van der Waals surface area contributed by atoms with E-state index in [1.807, 2.05) is 52.9 Å². The Hall–Kier alpha value is -1.53. The maximum Gasteiger partial charge on any atom is 0.328 e. The van der Waals surface area contributed by atoms with Crippen LogP contribution in [0.3, 0.4) is 0 Å². The Morgan fingerprint density at radius 2 is 1.92 bits per heavy atom. The molecule has 8 nitrogen and oxygen atoms in total. The maximum atomic E-state index is 12.2. The van der Waals surface area contributed by atoms with Crippen LogP contribution in [0.4, 0.5) is 0 Å². The van der Waals surface area contributed by atoms with Crippen LogP contribution in [-0.2, 0) is 14.2 Å². The molecular formula is C17H17IN2O6. The third-order valence-electron chi connectivity index (χ3n) is 4.62. The zero-order chi connectivity index (χ0) is 18.3. The van der Waals surface area contributed by atoms with Gasteiger partial charge in [0, 0.05) is 11.8 Å². The Balaban J connectivity index is 1.60. The van der Waals surface area contributed by atoms with Gasteiger partial charge in [-0.1, -0.05) is 30.3 Å². The molecule has 0 radical (unpaired) electrons. The number of aromatic nitrogens is 2. The number of aromatic amines is 1. The molecule has 0 saturated carbocycles. The first-order chi connectivity index (χ1) is 12.5. The van der Waals surface area contributed by atoms with E-state index in [1.54, 1.807) is 0 Å². The number of fused-ring (bicyclic) bond motifs is 1. The smallest absolute Gasteiger partial charge is 0.328 e. The fraction of sp³-hybridized carbons (Fsp3) is 0.412. The minimum Gasteiger partial charge on any atom is -0.388 e. The van der Waals surface area contributed by atoms with Crippen LogP contribution >= 0.6 is 22.6 Å². The van der Waals surface area contributed by atoms with Gasteiger partial charge in [-0.2, -0.15) is 0 Å². The van der Waals surface area contributed by atoms with Gasteiger partial charge in [0.25, 0.3) is 5.56 Å². The van der Waals surface area contributed by atoms with Crippen LogP contribution in [0.1, 0.15) is 17.9 Å². The fourth-order valence-corrected chi connectivity index (χ4v) is 3.70. The van der Waals surface area contributed by atoms with E-state index in [1.165, 1.54) is 10.8 Å².